The molecule has 3 aromatic heterocycles. The topological polar surface area (TPSA) is 70.0 Å². The van der Waals surface area contributed by atoms with Gasteiger partial charge in [-0.1, -0.05) is 11.3 Å². The van der Waals surface area contributed by atoms with Gasteiger partial charge in [0.2, 0.25) is 0 Å². The lowest BCUT2D eigenvalue weighted by molar-refractivity contribution is 0.636. The average molecular weight is 324 g/mol. The molecule has 0 atom stereocenters. The van der Waals surface area contributed by atoms with E-state index in [-0.39, 0.29) is 5.39 Å². The van der Waals surface area contributed by atoms with Gasteiger partial charge in [-0.3, -0.25) is 13.8 Å². The van der Waals surface area contributed by atoms with Crippen LogP contribution in [0, 0.1) is 5.82 Å². The van der Waals surface area contributed by atoms with Gasteiger partial charge in [0.15, 0.2) is 11.5 Å². The number of benzene rings is 1. The molecule has 7 nitrogen and oxygen atoms in total. The van der Waals surface area contributed by atoms with Crippen LogP contribution in [0.1, 0.15) is 24.5 Å². The van der Waals surface area contributed by atoms with Crippen LogP contribution in [0.25, 0.3) is 22.4 Å². The molecule has 0 radical (unpaired) electrons. The van der Waals surface area contributed by atoms with Gasteiger partial charge in [-0.15, -0.1) is 5.10 Å². The molecule has 0 spiro atoms. The Hall–Kier alpha value is -3.03. The fraction of sp³-hybridized carbons (Fsp3) is 0.250. The van der Waals surface area contributed by atoms with Crippen LogP contribution in [0.15, 0.2) is 35.5 Å². The quantitative estimate of drug-likeness (QED) is 0.563. The molecule has 5 rings (SSSR count). The van der Waals surface area contributed by atoms with Crippen molar-refractivity contribution < 1.29 is 4.39 Å². The minimum Gasteiger partial charge on any atom is -0.294 e. The van der Waals surface area contributed by atoms with Crippen molar-refractivity contribution in [2.75, 3.05) is 0 Å². The van der Waals surface area contributed by atoms with Crippen LogP contribution in [-0.4, -0.2) is 28.9 Å². The van der Waals surface area contributed by atoms with E-state index < -0.39 is 11.4 Å². The zero-order valence-corrected chi connectivity index (χ0v) is 12.8. The smallest absolute Gasteiger partial charge is 0.264 e. The fourth-order valence-corrected chi connectivity index (χ4v) is 3.22. The Kier molecular flexibility index (Phi) is 2.51. The van der Waals surface area contributed by atoms with Crippen LogP contribution in [0.2, 0.25) is 0 Å². The molecule has 1 aliphatic carbocycles. The van der Waals surface area contributed by atoms with Crippen molar-refractivity contribution in [3.8, 4) is 5.82 Å². The zero-order chi connectivity index (χ0) is 16.4. The molecular formula is C16H13FN6O. The molecule has 24 heavy (non-hydrogen) atoms. The summed E-state index contributed by atoms with van der Waals surface area (Å²) in [6.45, 7) is 0. The highest BCUT2D eigenvalue weighted by Crippen LogP contribution is 2.40. The Balaban J connectivity index is 1.92. The third-order valence-electron chi connectivity index (χ3n) is 4.58. The first-order valence-corrected chi connectivity index (χ1v) is 7.72. The summed E-state index contributed by atoms with van der Waals surface area (Å²) in [7, 11) is 1.61. The maximum atomic E-state index is 14.1. The van der Waals surface area contributed by atoms with Crippen molar-refractivity contribution in [2.45, 2.75) is 18.8 Å². The summed E-state index contributed by atoms with van der Waals surface area (Å²) in [5, 5.41) is 8.18. The summed E-state index contributed by atoms with van der Waals surface area (Å²) in [4.78, 5) is 17.1. The second kappa shape index (κ2) is 4.50. The number of aryl methyl sites for hydroxylation is 1. The van der Waals surface area contributed by atoms with Gasteiger partial charge in [0.25, 0.3) is 5.56 Å². The molecule has 0 amide bonds. The number of halogens is 1. The van der Waals surface area contributed by atoms with E-state index in [1.165, 1.54) is 10.6 Å². The maximum absolute atomic E-state index is 14.1. The molecule has 0 bridgehead atoms. The number of nitrogens with zero attached hydrogens (tertiary/aromatic N) is 6. The molecule has 4 aromatic rings. The van der Waals surface area contributed by atoms with E-state index in [0.717, 1.165) is 18.5 Å². The molecule has 0 aliphatic heterocycles. The lowest BCUT2D eigenvalue weighted by atomic mass is 10.2. The van der Waals surface area contributed by atoms with Crippen molar-refractivity contribution in [3.05, 3.63) is 52.6 Å². The second-order valence-corrected chi connectivity index (χ2v) is 6.10. The van der Waals surface area contributed by atoms with Gasteiger partial charge in [-0.25, -0.2) is 9.37 Å². The number of rotatable bonds is 2. The summed E-state index contributed by atoms with van der Waals surface area (Å²) < 4.78 is 18.9. The third kappa shape index (κ3) is 1.65. The summed E-state index contributed by atoms with van der Waals surface area (Å²) >= 11 is 0. The monoisotopic (exact) mass is 324 g/mol. The van der Waals surface area contributed by atoms with E-state index in [9.17, 15) is 9.18 Å². The SMILES string of the molecule is Cn1c(=O)c2c(F)cccc2n2cnc(-n3nncc3C3CC3)c12. The molecule has 8 heteroatoms. The number of hydrogen-bond acceptors (Lipinski definition) is 4. The maximum Gasteiger partial charge on any atom is 0.264 e. The first kappa shape index (κ1) is 13.4. The van der Waals surface area contributed by atoms with Crippen molar-refractivity contribution in [2.24, 2.45) is 7.05 Å². The highest BCUT2D eigenvalue weighted by Gasteiger charge is 2.29. The largest absolute Gasteiger partial charge is 0.294 e. The summed E-state index contributed by atoms with van der Waals surface area (Å²) in [5.74, 6) is 0.427. The fourth-order valence-electron chi connectivity index (χ4n) is 3.22. The Bertz CT molecular complexity index is 1170. The molecule has 3 heterocycles. The zero-order valence-electron chi connectivity index (χ0n) is 12.8. The van der Waals surface area contributed by atoms with Gasteiger partial charge < -0.3 is 0 Å². The van der Waals surface area contributed by atoms with Gasteiger partial charge in [0.1, 0.15) is 12.1 Å². The van der Waals surface area contributed by atoms with Gasteiger partial charge in [-0.05, 0) is 25.0 Å². The summed E-state index contributed by atoms with van der Waals surface area (Å²) in [5.41, 5.74) is 1.64. The molecule has 0 unspecified atom stereocenters. The predicted molar refractivity (Wildman–Crippen MR) is 84.8 cm³/mol. The van der Waals surface area contributed by atoms with Gasteiger partial charge in [0, 0.05) is 13.0 Å². The molecule has 1 fully saturated rings. The first-order chi connectivity index (χ1) is 11.7. The Morgan fingerprint density at radius 2 is 2.12 bits per heavy atom. The molecular weight excluding hydrogens is 311 g/mol. The number of aromatic nitrogens is 6. The van der Waals surface area contributed by atoms with E-state index in [2.05, 4.69) is 15.3 Å². The number of fused-ring (bicyclic) bond motifs is 3. The van der Waals surface area contributed by atoms with E-state index >= 15 is 0 Å². The lowest BCUT2D eigenvalue weighted by Gasteiger charge is -2.09. The molecule has 120 valence electrons. The first-order valence-electron chi connectivity index (χ1n) is 7.72. The standard InChI is InChI=1S/C16H13FN6O/c1-21-15-14(23-12(7-19-20-23)9-5-6-9)18-8-22(15)11-4-2-3-10(17)13(11)16(21)24/h2-4,7-9H,5-6H2,1H3. The van der Waals surface area contributed by atoms with E-state index in [1.54, 1.807) is 40.8 Å². The second-order valence-electron chi connectivity index (χ2n) is 6.10. The van der Waals surface area contributed by atoms with Gasteiger partial charge >= 0.3 is 0 Å². The lowest BCUT2D eigenvalue weighted by Crippen LogP contribution is -2.21. The number of imidazole rings is 1. The van der Waals surface area contributed by atoms with Gasteiger partial charge in [-0.2, -0.15) is 4.68 Å². The van der Waals surface area contributed by atoms with Crippen LogP contribution in [0.3, 0.4) is 0 Å². The van der Waals surface area contributed by atoms with Crippen LogP contribution in [-0.2, 0) is 7.05 Å². The Morgan fingerprint density at radius 3 is 2.92 bits per heavy atom. The van der Waals surface area contributed by atoms with Gasteiger partial charge in [0.05, 0.1) is 22.8 Å². The van der Waals surface area contributed by atoms with E-state index in [4.69, 9.17) is 0 Å². The number of hydrogen-bond donors (Lipinski definition) is 0. The van der Waals surface area contributed by atoms with Crippen LogP contribution in [0.4, 0.5) is 4.39 Å². The van der Waals surface area contributed by atoms with E-state index in [1.807, 2.05) is 0 Å². The Morgan fingerprint density at radius 1 is 1.29 bits per heavy atom. The minimum atomic E-state index is -0.537. The van der Waals surface area contributed by atoms with Crippen LogP contribution < -0.4 is 5.56 Å². The summed E-state index contributed by atoms with van der Waals surface area (Å²) in [6, 6.07) is 4.58. The molecule has 0 saturated heterocycles. The van der Waals surface area contributed by atoms with E-state index in [0.29, 0.717) is 22.9 Å². The molecule has 0 N–H and O–H groups in total. The van der Waals surface area contributed by atoms with Crippen LogP contribution in [0.5, 0.6) is 0 Å². The predicted octanol–water partition coefficient (Wildman–Crippen LogP) is 1.78. The minimum absolute atomic E-state index is 0.0532. The molecule has 1 aliphatic rings. The van der Waals surface area contributed by atoms with Crippen molar-refractivity contribution in [1.82, 2.24) is 28.9 Å². The highest BCUT2D eigenvalue weighted by atomic mass is 19.1. The summed E-state index contributed by atoms with van der Waals surface area (Å²) in [6.07, 6.45) is 5.53. The average Bonchev–Trinajstić information content (AvgIpc) is 3.14. The van der Waals surface area contributed by atoms with Crippen LogP contribution >= 0.6 is 0 Å². The third-order valence-corrected chi connectivity index (χ3v) is 4.58. The van der Waals surface area contributed by atoms with Crippen molar-refractivity contribution in [3.63, 3.8) is 0 Å². The molecule has 1 saturated carbocycles. The normalized spacial score (nSPS) is 14.8. The highest BCUT2D eigenvalue weighted by molar-refractivity contribution is 5.82. The van der Waals surface area contributed by atoms with Crippen molar-refractivity contribution in [1.29, 1.82) is 0 Å². The van der Waals surface area contributed by atoms with Crippen molar-refractivity contribution >= 4 is 16.6 Å². The Labute approximate surface area is 135 Å². The molecule has 1 aromatic carbocycles.